The van der Waals surface area contributed by atoms with Gasteiger partial charge in [0.05, 0.1) is 12.5 Å². The van der Waals surface area contributed by atoms with Gasteiger partial charge in [0.2, 0.25) is 0 Å². The highest BCUT2D eigenvalue weighted by molar-refractivity contribution is 5.98. The predicted octanol–water partition coefficient (Wildman–Crippen LogP) is 0.330. The molecule has 0 amide bonds. The van der Waals surface area contributed by atoms with E-state index in [0.29, 0.717) is 5.69 Å². The minimum atomic E-state index is -0.289. The molecule has 0 aromatic carbocycles. The monoisotopic (exact) mass is 165 g/mol. The van der Waals surface area contributed by atoms with Crippen LogP contribution in [-0.2, 0) is 0 Å². The third kappa shape index (κ3) is 1.04. The van der Waals surface area contributed by atoms with Crippen LogP contribution in [0.3, 0.4) is 0 Å². The Morgan fingerprint density at radius 3 is 3.00 bits per heavy atom. The molecule has 0 saturated heterocycles. The Hall–Kier alpha value is -1.16. The van der Waals surface area contributed by atoms with Crippen LogP contribution < -0.4 is 5.73 Å². The van der Waals surface area contributed by atoms with Crippen molar-refractivity contribution in [2.75, 3.05) is 0 Å². The van der Waals surface area contributed by atoms with Crippen LogP contribution in [0.2, 0.25) is 0 Å². The van der Waals surface area contributed by atoms with E-state index >= 15 is 0 Å². The van der Waals surface area contributed by atoms with E-state index in [9.17, 15) is 4.79 Å². The minimum Gasteiger partial charge on any atom is -0.342 e. The van der Waals surface area contributed by atoms with Crippen molar-refractivity contribution >= 4 is 5.78 Å². The number of nitrogens with zero attached hydrogens (tertiary/aromatic N) is 1. The van der Waals surface area contributed by atoms with Crippen LogP contribution in [0.25, 0.3) is 0 Å². The fraction of sp³-hybridized carbons (Fsp3) is 0.500. The molecule has 1 aromatic rings. The van der Waals surface area contributed by atoms with Gasteiger partial charge in [0, 0.05) is 11.5 Å². The summed E-state index contributed by atoms with van der Waals surface area (Å²) in [5.74, 6) is 0.0652. The molecule has 1 fully saturated rings. The second-order valence-electron chi connectivity index (χ2n) is 3.59. The van der Waals surface area contributed by atoms with Crippen LogP contribution in [0.5, 0.6) is 0 Å². The molecule has 12 heavy (non-hydrogen) atoms. The molecule has 0 aliphatic heterocycles. The van der Waals surface area contributed by atoms with E-state index in [1.165, 1.54) is 12.5 Å². The number of Topliss-reactive ketones (excluding diaryl/α,β-unsaturated/α-hetero) is 1. The fourth-order valence-electron chi connectivity index (χ4n) is 1.35. The smallest absolute Gasteiger partial charge is 0.185 e. The van der Waals surface area contributed by atoms with Gasteiger partial charge in [-0.2, -0.15) is 0 Å². The van der Waals surface area contributed by atoms with Gasteiger partial charge in [-0.15, -0.1) is 0 Å². The molecular formula is C8H11N3O. The van der Waals surface area contributed by atoms with Crippen molar-refractivity contribution in [2.24, 2.45) is 11.7 Å². The van der Waals surface area contributed by atoms with E-state index in [2.05, 4.69) is 9.97 Å². The second-order valence-corrected chi connectivity index (χ2v) is 3.59. The quantitative estimate of drug-likeness (QED) is 0.620. The maximum absolute atomic E-state index is 11.5. The highest BCUT2D eigenvalue weighted by Gasteiger charge is 2.51. The summed E-state index contributed by atoms with van der Waals surface area (Å²) in [5.41, 5.74) is 6.04. The molecule has 2 atom stereocenters. The Labute approximate surface area is 70.2 Å². The lowest BCUT2D eigenvalue weighted by Crippen LogP contribution is -2.23. The van der Waals surface area contributed by atoms with E-state index in [4.69, 9.17) is 5.73 Å². The number of H-pyrrole nitrogens is 1. The molecule has 1 saturated carbocycles. The van der Waals surface area contributed by atoms with Crippen molar-refractivity contribution in [2.45, 2.75) is 18.9 Å². The summed E-state index contributed by atoms with van der Waals surface area (Å²) in [4.78, 5) is 18.1. The number of nitrogens with two attached hydrogens (primary N) is 1. The van der Waals surface area contributed by atoms with Gasteiger partial charge in [-0.1, -0.05) is 0 Å². The normalized spacial score (nSPS) is 33.3. The van der Waals surface area contributed by atoms with Crippen LogP contribution >= 0.6 is 0 Å². The summed E-state index contributed by atoms with van der Waals surface area (Å²) in [6.45, 7) is 1.89. The highest BCUT2D eigenvalue weighted by Crippen LogP contribution is 2.42. The molecule has 0 spiro atoms. The summed E-state index contributed by atoms with van der Waals surface area (Å²) in [6.07, 6.45) is 3.82. The van der Waals surface area contributed by atoms with Crippen molar-refractivity contribution in [3.05, 3.63) is 18.2 Å². The summed E-state index contributed by atoms with van der Waals surface area (Å²) in [6, 6.07) is 0. The molecule has 64 valence electrons. The van der Waals surface area contributed by atoms with Crippen molar-refractivity contribution in [3.63, 3.8) is 0 Å². The van der Waals surface area contributed by atoms with Gasteiger partial charge in [-0.25, -0.2) is 4.98 Å². The lowest BCUT2D eigenvalue weighted by molar-refractivity contribution is 0.0955. The molecule has 1 aliphatic rings. The number of aromatic nitrogens is 2. The molecule has 3 N–H and O–H groups in total. The van der Waals surface area contributed by atoms with E-state index in [-0.39, 0.29) is 17.2 Å². The van der Waals surface area contributed by atoms with Gasteiger partial charge in [-0.3, -0.25) is 4.79 Å². The highest BCUT2D eigenvalue weighted by atomic mass is 16.1. The Balaban J connectivity index is 2.14. The summed E-state index contributed by atoms with van der Waals surface area (Å²) < 4.78 is 0. The van der Waals surface area contributed by atoms with Crippen molar-refractivity contribution < 1.29 is 4.79 Å². The van der Waals surface area contributed by atoms with E-state index in [0.717, 1.165) is 6.42 Å². The number of ketones is 1. The van der Waals surface area contributed by atoms with Gasteiger partial charge in [0.1, 0.15) is 5.69 Å². The van der Waals surface area contributed by atoms with Crippen molar-refractivity contribution in [1.29, 1.82) is 0 Å². The number of hydrogen-bond acceptors (Lipinski definition) is 3. The van der Waals surface area contributed by atoms with Crippen molar-refractivity contribution in [3.8, 4) is 0 Å². The third-order valence-electron chi connectivity index (χ3n) is 2.36. The SMILES string of the molecule is C[C@@]1(N)C[C@@H]1C(=O)c1cnc[nH]1. The number of carbonyl (C=O) groups is 1. The molecule has 4 nitrogen and oxygen atoms in total. The Morgan fingerprint density at radius 1 is 1.92 bits per heavy atom. The molecule has 4 heteroatoms. The first kappa shape index (κ1) is 7.49. The first-order valence-electron chi connectivity index (χ1n) is 3.93. The lowest BCUT2D eigenvalue weighted by Gasteiger charge is -1.99. The zero-order chi connectivity index (χ0) is 8.77. The lowest BCUT2D eigenvalue weighted by atomic mass is 10.1. The first-order valence-corrected chi connectivity index (χ1v) is 3.93. The maximum Gasteiger partial charge on any atom is 0.185 e. The standard InChI is InChI=1S/C8H11N3O/c1-8(9)2-5(8)7(12)6-3-10-4-11-6/h3-5H,2,9H2,1H3,(H,10,11)/t5-,8-/m1/s1. The van der Waals surface area contributed by atoms with Crippen LogP contribution in [0.15, 0.2) is 12.5 Å². The molecule has 1 heterocycles. The van der Waals surface area contributed by atoms with Crippen LogP contribution in [-0.4, -0.2) is 21.3 Å². The summed E-state index contributed by atoms with van der Waals surface area (Å²) in [7, 11) is 0. The molecule has 0 bridgehead atoms. The Bertz CT molecular complexity index is 302. The zero-order valence-corrected chi connectivity index (χ0v) is 6.87. The van der Waals surface area contributed by atoms with Gasteiger partial charge in [0.25, 0.3) is 0 Å². The third-order valence-corrected chi connectivity index (χ3v) is 2.36. The molecule has 0 unspecified atom stereocenters. The number of hydrogen-bond donors (Lipinski definition) is 2. The minimum absolute atomic E-state index is 0.0158. The van der Waals surface area contributed by atoms with Crippen LogP contribution in [0.4, 0.5) is 0 Å². The van der Waals surface area contributed by atoms with Crippen LogP contribution in [0.1, 0.15) is 23.8 Å². The number of nitrogens with one attached hydrogen (secondary N) is 1. The van der Waals surface area contributed by atoms with Gasteiger partial charge >= 0.3 is 0 Å². The zero-order valence-electron chi connectivity index (χ0n) is 6.87. The van der Waals surface area contributed by atoms with Gasteiger partial charge < -0.3 is 10.7 Å². The first-order chi connectivity index (χ1) is 5.61. The Morgan fingerprint density at radius 2 is 2.58 bits per heavy atom. The summed E-state index contributed by atoms with van der Waals surface area (Å²) >= 11 is 0. The number of aromatic amines is 1. The topological polar surface area (TPSA) is 71.8 Å². The van der Waals surface area contributed by atoms with Crippen molar-refractivity contribution in [1.82, 2.24) is 9.97 Å². The van der Waals surface area contributed by atoms with E-state index in [1.54, 1.807) is 0 Å². The maximum atomic E-state index is 11.5. The van der Waals surface area contributed by atoms with E-state index in [1.807, 2.05) is 6.92 Å². The second kappa shape index (κ2) is 2.17. The molecular weight excluding hydrogens is 154 g/mol. The average molecular weight is 165 g/mol. The summed E-state index contributed by atoms with van der Waals surface area (Å²) in [5, 5.41) is 0. The predicted molar refractivity (Wildman–Crippen MR) is 43.6 cm³/mol. The van der Waals surface area contributed by atoms with Gasteiger partial charge in [0.15, 0.2) is 5.78 Å². The number of carbonyl (C=O) groups excluding carboxylic acids is 1. The number of imidazole rings is 1. The average Bonchev–Trinajstić information content (AvgIpc) is 2.56. The van der Waals surface area contributed by atoms with Crippen LogP contribution in [0, 0.1) is 5.92 Å². The van der Waals surface area contributed by atoms with Gasteiger partial charge in [-0.05, 0) is 13.3 Å². The Kier molecular flexibility index (Phi) is 1.35. The number of rotatable bonds is 2. The molecule has 1 aromatic heterocycles. The molecule has 1 aliphatic carbocycles. The molecule has 2 rings (SSSR count). The largest absolute Gasteiger partial charge is 0.342 e. The molecule has 0 radical (unpaired) electrons. The fourth-order valence-corrected chi connectivity index (χ4v) is 1.35. The van der Waals surface area contributed by atoms with E-state index < -0.39 is 0 Å².